The second-order valence-electron chi connectivity index (χ2n) is 2.85. The van der Waals surface area contributed by atoms with Crippen molar-refractivity contribution in [1.29, 1.82) is 0 Å². The third-order valence-electron chi connectivity index (χ3n) is 1.63. The Kier molecular flexibility index (Phi) is 8.40. The zero-order chi connectivity index (χ0) is 6.73. The molecule has 0 fully saturated rings. The Bertz CT molecular complexity index is 53.9. The van der Waals surface area contributed by atoms with Gasteiger partial charge in [0, 0.05) is 47.7 Å². The minimum atomic E-state index is 0. The quantitative estimate of drug-likeness (QED) is 0.725. The molecule has 2 heteroatoms. The topological polar surface area (TPSA) is 3.24 Å². The summed E-state index contributed by atoms with van der Waals surface area (Å²) < 4.78 is 0. The molecule has 0 aromatic rings. The summed E-state index contributed by atoms with van der Waals surface area (Å²) in [6, 6.07) is 1.35. The van der Waals surface area contributed by atoms with Gasteiger partial charge in [-0.05, 0) is 34.7 Å². The van der Waals surface area contributed by atoms with Gasteiger partial charge in [-0.3, -0.25) is 0 Å². The van der Waals surface area contributed by atoms with Crippen LogP contribution >= 0.6 is 0 Å². The normalized spacial score (nSPS) is 10.7. The molecule has 0 spiro atoms. The monoisotopic (exact) mass is 254 g/mol. The average molecular weight is 254 g/mol. The van der Waals surface area contributed by atoms with Gasteiger partial charge >= 0.3 is 0 Å². The largest absolute Gasteiger partial charge is 0.302 e. The van der Waals surface area contributed by atoms with Crippen LogP contribution in [0.4, 0.5) is 0 Å². The maximum absolute atomic E-state index is 2.33. The Hall–Kier alpha value is 1.15. The van der Waals surface area contributed by atoms with E-state index in [0.29, 0.717) is 12.1 Å². The zero-order valence-electron chi connectivity index (χ0n) is 7.18. The van der Waals surface area contributed by atoms with Gasteiger partial charge in [-0.1, -0.05) is 0 Å². The molecule has 0 aromatic carbocycles. The van der Waals surface area contributed by atoms with Gasteiger partial charge in [0.1, 0.15) is 0 Å². The summed E-state index contributed by atoms with van der Waals surface area (Å²) in [5.74, 6) is 0. The van der Waals surface area contributed by atoms with Crippen molar-refractivity contribution in [2.75, 3.05) is 7.05 Å². The molecular formula is C7H17LaN. The van der Waals surface area contributed by atoms with E-state index in [4.69, 9.17) is 0 Å². The molecule has 1 nitrogen and oxygen atoms in total. The minimum absolute atomic E-state index is 0. The number of rotatable bonds is 2. The molecular weight excluding hydrogens is 237 g/mol. The first-order valence-electron chi connectivity index (χ1n) is 3.27. The maximum Gasteiger partial charge on any atom is 0.00382 e. The third kappa shape index (κ3) is 5.59. The van der Waals surface area contributed by atoms with Gasteiger partial charge in [0.2, 0.25) is 0 Å². The van der Waals surface area contributed by atoms with E-state index in [9.17, 15) is 0 Å². The molecule has 0 atom stereocenters. The summed E-state index contributed by atoms with van der Waals surface area (Å²) in [7, 11) is 2.15. The van der Waals surface area contributed by atoms with Gasteiger partial charge in [-0.15, -0.1) is 0 Å². The van der Waals surface area contributed by atoms with Gasteiger partial charge in [0.25, 0.3) is 0 Å². The Balaban J connectivity index is 0. The van der Waals surface area contributed by atoms with E-state index >= 15 is 0 Å². The molecule has 0 rings (SSSR count). The van der Waals surface area contributed by atoms with Crippen LogP contribution in [0.15, 0.2) is 0 Å². The predicted molar refractivity (Wildman–Crippen MR) is 38.0 cm³/mol. The van der Waals surface area contributed by atoms with Crippen molar-refractivity contribution in [3.8, 4) is 0 Å². The molecule has 0 aliphatic rings. The molecule has 0 aliphatic carbocycles. The van der Waals surface area contributed by atoms with Crippen LogP contribution in [-0.4, -0.2) is 24.0 Å². The molecule has 0 aliphatic heterocycles. The first-order chi connectivity index (χ1) is 3.55. The van der Waals surface area contributed by atoms with Crippen molar-refractivity contribution in [2.24, 2.45) is 0 Å². The van der Waals surface area contributed by atoms with E-state index in [1.54, 1.807) is 0 Å². The maximum atomic E-state index is 2.33. The molecule has 0 amide bonds. The number of hydrogen-bond acceptors (Lipinski definition) is 1. The fraction of sp³-hybridized carbons (Fsp3) is 1.00. The van der Waals surface area contributed by atoms with Crippen LogP contribution in [0.5, 0.6) is 0 Å². The standard InChI is InChI=1S/C7H17N.La/c1-6(2)8(5)7(3)4;/h6-7H,1-5H3;. The Morgan fingerprint density at radius 3 is 1.11 bits per heavy atom. The molecule has 0 N–H and O–H groups in total. The van der Waals surface area contributed by atoms with Crippen molar-refractivity contribution in [3.63, 3.8) is 0 Å². The Morgan fingerprint density at radius 2 is 1.11 bits per heavy atom. The van der Waals surface area contributed by atoms with Crippen LogP contribution in [0.1, 0.15) is 27.7 Å². The summed E-state index contributed by atoms with van der Waals surface area (Å²) in [6.45, 7) is 8.83. The average Bonchev–Trinajstić information content (AvgIpc) is 1.64. The van der Waals surface area contributed by atoms with Gasteiger partial charge in [-0.25, -0.2) is 0 Å². The van der Waals surface area contributed by atoms with Crippen molar-refractivity contribution < 1.29 is 35.6 Å². The fourth-order valence-corrected chi connectivity index (χ4v) is 0.596. The molecule has 0 saturated carbocycles. The third-order valence-corrected chi connectivity index (χ3v) is 1.63. The molecule has 0 aromatic heterocycles. The van der Waals surface area contributed by atoms with Crippen molar-refractivity contribution in [3.05, 3.63) is 0 Å². The molecule has 53 valence electrons. The predicted octanol–water partition coefficient (Wildman–Crippen LogP) is 1.74. The summed E-state index contributed by atoms with van der Waals surface area (Å²) in [5.41, 5.74) is 0. The zero-order valence-corrected chi connectivity index (χ0v) is 10.8. The molecule has 9 heavy (non-hydrogen) atoms. The first kappa shape index (κ1) is 12.8. The van der Waals surface area contributed by atoms with Crippen LogP contribution in [-0.2, 0) is 0 Å². The molecule has 1 radical (unpaired) electrons. The van der Waals surface area contributed by atoms with Crippen LogP contribution in [0.3, 0.4) is 0 Å². The van der Waals surface area contributed by atoms with E-state index in [1.807, 2.05) is 0 Å². The van der Waals surface area contributed by atoms with Crippen LogP contribution in [0.2, 0.25) is 0 Å². The second kappa shape index (κ2) is 5.90. The number of nitrogens with zero attached hydrogens (tertiary/aromatic N) is 1. The van der Waals surface area contributed by atoms with Crippen molar-refractivity contribution in [1.82, 2.24) is 4.90 Å². The smallest absolute Gasteiger partial charge is 0.00382 e. The van der Waals surface area contributed by atoms with E-state index in [1.165, 1.54) is 0 Å². The SMILES string of the molecule is CC(C)N(C)C(C)C.[La]. The van der Waals surface area contributed by atoms with E-state index in [2.05, 4.69) is 39.6 Å². The van der Waals surface area contributed by atoms with Crippen LogP contribution < -0.4 is 0 Å². The Labute approximate surface area is 86.8 Å². The van der Waals surface area contributed by atoms with Crippen molar-refractivity contribution in [2.45, 2.75) is 39.8 Å². The van der Waals surface area contributed by atoms with Crippen LogP contribution in [0, 0.1) is 35.6 Å². The fourth-order valence-electron chi connectivity index (χ4n) is 0.596. The van der Waals surface area contributed by atoms with Crippen LogP contribution in [0.25, 0.3) is 0 Å². The molecule has 0 bridgehead atoms. The second-order valence-corrected chi connectivity index (χ2v) is 2.85. The minimum Gasteiger partial charge on any atom is -0.302 e. The van der Waals surface area contributed by atoms with Crippen molar-refractivity contribution >= 4 is 0 Å². The van der Waals surface area contributed by atoms with E-state index in [-0.39, 0.29) is 35.6 Å². The molecule has 0 heterocycles. The Morgan fingerprint density at radius 1 is 0.889 bits per heavy atom. The number of hydrogen-bond donors (Lipinski definition) is 0. The van der Waals surface area contributed by atoms with Gasteiger partial charge < -0.3 is 4.90 Å². The summed E-state index contributed by atoms with van der Waals surface area (Å²) in [4.78, 5) is 2.33. The van der Waals surface area contributed by atoms with Gasteiger partial charge in [0.05, 0.1) is 0 Å². The van der Waals surface area contributed by atoms with Gasteiger partial charge in [-0.2, -0.15) is 0 Å². The van der Waals surface area contributed by atoms with E-state index in [0.717, 1.165) is 0 Å². The molecule has 0 saturated heterocycles. The molecule has 0 unspecified atom stereocenters. The summed E-state index contributed by atoms with van der Waals surface area (Å²) >= 11 is 0. The summed E-state index contributed by atoms with van der Waals surface area (Å²) in [5, 5.41) is 0. The van der Waals surface area contributed by atoms with E-state index < -0.39 is 0 Å². The first-order valence-corrected chi connectivity index (χ1v) is 3.27. The van der Waals surface area contributed by atoms with Gasteiger partial charge in [0.15, 0.2) is 0 Å². The summed E-state index contributed by atoms with van der Waals surface area (Å²) in [6.07, 6.45) is 0.